The molecule has 0 spiro atoms. The molecule has 0 radical (unpaired) electrons. The summed E-state index contributed by atoms with van der Waals surface area (Å²) in [7, 11) is 3.19. The summed E-state index contributed by atoms with van der Waals surface area (Å²) in [6.07, 6.45) is 1.82. The highest BCUT2D eigenvalue weighted by atomic mass is 32.1. The first kappa shape index (κ1) is 27.2. The fourth-order valence-corrected chi connectivity index (χ4v) is 6.33. The van der Waals surface area contributed by atoms with Gasteiger partial charge in [-0.1, -0.05) is 84.1 Å². The molecule has 0 N–H and O–H groups in total. The SMILES string of the molecule is CCOC(=O)C1=C(c2ccccc2)N=c2s/c(=C/c3cccc(OC)c3)c(=O)n2[C@@H]1c1c(OC)ccc2ccccc12. The molecule has 7 nitrogen and oxygen atoms in total. The van der Waals surface area contributed by atoms with E-state index in [1.807, 2.05) is 97.1 Å². The first-order valence-electron chi connectivity index (χ1n) is 13.5. The van der Waals surface area contributed by atoms with Crippen molar-refractivity contribution in [3.63, 3.8) is 0 Å². The summed E-state index contributed by atoms with van der Waals surface area (Å²) < 4.78 is 19.0. The van der Waals surface area contributed by atoms with Gasteiger partial charge in [-0.3, -0.25) is 9.36 Å². The van der Waals surface area contributed by atoms with Crippen molar-refractivity contribution in [2.75, 3.05) is 20.8 Å². The number of carbonyl (C=O) groups excluding carboxylic acids is 1. The smallest absolute Gasteiger partial charge is 0.338 e. The van der Waals surface area contributed by atoms with Gasteiger partial charge in [0.1, 0.15) is 17.5 Å². The molecule has 2 heterocycles. The Balaban J connectivity index is 1.74. The zero-order chi connectivity index (χ0) is 29.2. The predicted molar refractivity (Wildman–Crippen MR) is 165 cm³/mol. The Morgan fingerprint density at radius 3 is 2.50 bits per heavy atom. The van der Waals surface area contributed by atoms with Crippen LogP contribution in [0.25, 0.3) is 22.5 Å². The Morgan fingerprint density at radius 2 is 1.74 bits per heavy atom. The van der Waals surface area contributed by atoms with Crippen LogP contribution < -0.4 is 24.4 Å². The molecule has 8 heteroatoms. The number of aromatic nitrogens is 1. The van der Waals surface area contributed by atoms with Crippen LogP contribution in [0.5, 0.6) is 11.5 Å². The van der Waals surface area contributed by atoms with Gasteiger partial charge in [-0.15, -0.1) is 0 Å². The second kappa shape index (κ2) is 11.5. The molecule has 5 aromatic rings. The van der Waals surface area contributed by atoms with E-state index in [4.69, 9.17) is 19.2 Å². The summed E-state index contributed by atoms with van der Waals surface area (Å²) >= 11 is 1.27. The van der Waals surface area contributed by atoms with E-state index in [-0.39, 0.29) is 17.7 Å². The normalized spacial score (nSPS) is 14.8. The molecule has 0 amide bonds. The van der Waals surface area contributed by atoms with E-state index in [2.05, 4.69) is 0 Å². The second-order valence-electron chi connectivity index (χ2n) is 9.61. The lowest BCUT2D eigenvalue weighted by Crippen LogP contribution is -2.40. The lowest BCUT2D eigenvalue weighted by atomic mass is 9.89. The van der Waals surface area contributed by atoms with Crippen molar-refractivity contribution < 1.29 is 19.0 Å². The van der Waals surface area contributed by atoms with Gasteiger partial charge in [0.05, 0.1) is 36.6 Å². The van der Waals surface area contributed by atoms with E-state index in [1.54, 1.807) is 25.7 Å². The molecule has 0 bridgehead atoms. The van der Waals surface area contributed by atoms with Gasteiger partial charge >= 0.3 is 5.97 Å². The molecule has 0 unspecified atom stereocenters. The number of thiazole rings is 1. The van der Waals surface area contributed by atoms with Gasteiger partial charge in [0.25, 0.3) is 5.56 Å². The van der Waals surface area contributed by atoms with Crippen LogP contribution in [0.1, 0.15) is 29.7 Å². The fourth-order valence-electron chi connectivity index (χ4n) is 5.33. The Bertz CT molecular complexity index is 2020. The third kappa shape index (κ3) is 4.80. The fraction of sp³-hybridized carbons (Fsp3) is 0.147. The molecule has 6 rings (SSSR count). The number of nitrogens with zero attached hydrogens (tertiary/aromatic N) is 2. The van der Waals surface area contributed by atoms with Crippen LogP contribution in [-0.2, 0) is 9.53 Å². The van der Waals surface area contributed by atoms with Gasteiger partial charge in [0.2, 0.25) is 0 Å². The summed E-state index contributed by atoms with van der Waals surface area (Å²) in [5.74, 6) is 0.699. The van der Waals surface area contributed by atoms with E-state index in [0.717, 1.165) is 21.9 Å². The monoisotopic (exact) mass is 576 g/mol. The van der Waals surface area contributed by atoms with Crippen molar-refractivity contribution in [1.29, 1.82) is 0 Å². The summed E-state index contributed by atoms with van der Waals surface area (Å²) in [5.41, 5.74) is 2.72. The second-order valence-corrected chi connectivity index (χ2v) is 10.6. The summed E-state index contributed by atoms with van der Waals surface area (Å²) in [6.45, 7) is 1.93. The van der Waals surface area contributed by atoms with Crippen molar-refractivity contribution in [2.45, 2.75) is 13.0 Å². The van der Waals surface area contributed by atoms with Crippen LogP contribution in [0.4, 0.5) is 0 Å². The third-order valence-electron chi connectivity index (χ3n) is 7.19. The zero-order valence-corrected chi connectivity index (χ0v) is 24.2. The Hall–Kier alpha value is -4.95. The van der Waals surface area contributed by atoms with Crippen molar-refractivity contribution in [3.8, 4) is 11.5 Å². The lowest BCUT2D eigenvalue weighted by molar-refractivity contribution is -0.138. The van der Waals surface area contributed by atoms with Gasteiger partial charge in [-0.2, -0.15) is 0 Å². The maximum atomic E-state index is 14.3. The average molecular weight is 577 g/mol. The lowest BCUT2D eigenvalue weighted by Gasteiger charge is -2.28. The minimum atomic E-state index is -0.857. The van der Waals surface area contributed by atoms with Crippen molar-refractivity contribution in [1.82, 2.24) is 4.57 Å². The molecule has 0 fully saturated rings. The summed E-state index contributed by atoms with van der Waals surface area (Å²) in [5, 5.41) is 1.81. The predicted octanol–water partition coefficient (Wildman–Crippen LogP) is 5.11. The Morgan fingerprint density at radius 1 is 0.952 bits per heavy atom. The molecule has 0 saturated carbocycles. The van der Waals surface area contributed by atoms with Crippen molar-refractivity contribution in [3.05, 3.63) is 133 Å². The van der Waals surface area contributed by atoms with E-state index in [1.165, 1.54) is 11.3 Å². The maximum Gasteiger partial charge on any atom is 0.338 e. The number of esters is 1. The Kier molecular flexibility index (Phi) is 7.46. The first-order valence-corrected chi connectivity index (χ1v) is 14.3. The number of hydrogen-bond donors (Lipinski definition) is 0. The number of carbonyl (C=O) groups is 1. The van der Waals surface area contributed by atoms with E-state index >= 15 is 0 Å². The number of ether oxygens (including phenoxy) is 3. The van der Waals surface area contributed by atoms with Crippen LogP contribution in [-0.4, -0.2) is 31.4 Å². The van der Waals surface area contributed by atoms with E-state index in [9.17, 15) is 9.59 Å². The highest BCUT2D eigenvalue weighted by molar-refractivity contribution is 7.07. The molecule has 210 valence electrons. The largest absolute Gasteiger partial charge is 0.497 e. The van der Waals surface area contributed by atoms with E-state index < -0.39 is 12.0 Å². The molecular weight excluding hydrogens is 548 g/mol. The first-order chi connectivity index (χ1) is 20.5. The van der Waals surface area contributed by atoms with Crippen LogP contribution in [0.15, 0.2) is 106 Å². The topological polar surface area (TPSA) is 79.1 Å². The average Bonchev–Trinajstić information content (AvgIpc) is 3.34. The third-order valence-corrected chi connectivity index (χ3v) is 8.17. The number of benzene rings is 4. The maximum absolute atomic E-state index is 14.3. The molecule has 1 aromatic heterocycles. The van der Waals surface area contributed by atoms with Crippen molar-refractivity contribution in [2.24, 2.45) is 4.99 Å². The Labute approximate surface area is 246 Å². The molecule has 0 saturated heterocycles. The van der Waals surface area contributed by atoms with Gasteiger partial charge in [0.15, 0.2) is 4.80 Å². The minimum Gasteiger partial charge on any atom is -0.497 e. The van der Waals surface area contributed by atoms with Gasteiger partial charge in [-0.05, 0) is 47.5 Å². The molecule has 4 aromatic carbocycles. The number of hydrogen-bond acceptors (Lipinski definition) is 7. The van der Waals surface area contributed by atoms with Crippen molar-refractivity contribution >= 4 is 39.9 Å². The zero-order valence-electron chi connectivity index (χ0n) is 23.4. The van der Waals surface area contributed by atoms with Gasteiger partial charge in [0, 0.05) is 11.1 Å². The highest BCUT2D eigenvalue weighted by Gasteiger charge is 2.37. The number of fused-ring (bicyclic) bond motifs is 2. The number of rotatable bonds is 7. The van der Waals surface area contributed by atoms with Gasteiger partial charge in [-0.25, -0.2) is 9.79 Å². The highest BCUT2D eigenvalue weighted by Crippen LogP contribution is 2.42. The summed E-state index contributed by atoms with van der Waals surface area (Å²) in [6, 6.07) is 27.8. The van der Waals surface area contributed by atoms with Crippen LogP contribution in [0.2, 0.25) is 0 Å². The molecule has 1 aliphatic heterocycles. The summed E-state index contributed by atoms with van der Waals surface area (Å²) in [4.78, 5) is 33.6. The van der Waals surface area contributed by atoms with Crippen LogP contribution in [0.3, 0.4) is 0 Å². The van der Waals surface area contributed by atoms with Crippen LogP contribution in [0, 0.1) is 0 Å². The van der Waals surface area contributed by atoms with Crippen LogP contribution >= 0.6 is 11.3 Å². The molecule has 0 aliphatic carbocycles. The molecule has 1 atom stereocenters. The van der Waals surface area contributed by atoms with E-state index in [0.29, 0.717) is 32.1 Å². The standard InChI is InChI=1S/C34H28N2O5S/c1-4-41-33(38)29-30(23-13-6-5-7-14-23)35-34-36(32(37)27(42-34)20-21-11-10-15-24(19-21)39-2)31(29)28-25-16-9-8-12-22(25)17-18-26(28)40-3/h5-20,31H,4H2,1-3H3/b27-20+/t31-/m1/s1. The molecule has 42 heavy (non-hydrogen) atoms. The minimum absolute atomic E-state index is 0.171. The molecular formula is C34H28N2O5S. The molecule has 1 aliphatic rings. The van der Waals surface area contributed by atoms with Gasteiger partial charge < -0.3 is 14.2 Å². The quantitative estimate of drug-likeness (QED) is 0.252. The number of methoxy groups -OCH3 is 2.